The van der Waals surface area contributed by atoms with Gasteiger partial charge in [-0.05, 0) is 0 Å². The van der Waals surface area contributed by atoms with E-state index in [4.69, 9.17) is 19.4 Å². The highest BCUT2D eigenvalue weighted by Crippen LogP contribution is 2.66. The summed E-state index contributed by atoms with van der Waals surface area (Å²) in [6, 6.07) is 0.965. The maximum absolute atomic E-state index is 11.7. The molecule has 0 saturated carbocycles. The van der Waals surface area contributed by atoms with Crippen molar-refractivity contribution in [3.05, 3.63) is 33.1 Å². The number of ether oxygens (including phenoxy) is 1. The van der Waals surface area contributed by atoms with Gasteiger partial charge < -0.3 is 29.4 Å². The summed E-state index contributed by atoms with van der Waals surface area (Å²) in [5, 5.41) is 9.80. The Morgan fingerprint density at radius 2 is 1.74 bits per heavy atom. The molecule has 5 unspecified atom stereocenters. The number of phosphoric acid groups is 3. The minimum Gasteiger partial charge on any atom is -0.388 e. The second kappa shape index (κ2) is 7.79. The molecule has 0 aliphatic carbocycles. The molecule has 6 N–H and O–H groups in total. The number of rotatable bonds is 7. The van der Waals surface area contributed by atoms with E-state index in [1.807, 2.05) is 4.98 Å². The minimum atomic E-state index is -5.73. The molecule has 2 rings (SSSR count). The molecule has 1 saturated heterocycles. The molecule has 0 bridgehead atoms. The monoisotopic (exact) mass is 454 g/mol. The highest BCUT2D eigenvalue weighted by Gasteiger charge is 2.46. The smallest absolute Gasteiger partial charge is 0.388 e. The topological polar surface area (TPSA) is 244 Å². The molecule has 2 heterocycles. The molecule has 0 spiro atoms. The Morgan fingerprint density at radius 1 is 1.11 bits per heavy atom. The minimum absolute atomic E-state index is 0.355. The summed E-state index contributed by atoms with van der Waals surface area (Å²) in [5.74, 6) is 0. The van der Waals surface area contributed by atoms with E-state index < -0.39 is 53.3 Å². The maximum Gasteiger partial charge on any atom is 0.490 e. The van der Waals surface area contributed by atoms with Gasteiger partial charge in [-0.25, -0.2) is 18.5 Å². The largest absolute Gasteiger partial charge is 0.490 e. The zero-order chi connectivity index (χ0) is 20.6. The van der Waals surface area contributed by atoms with Gasteiger partial charge >= 0.3 is 29.2 Å². The van der Waals surface area contributed by atoms with E-state index in [2.05, 4.69) is 13.1 Å². The molecule has 0 aromatic carbocycles. The number of hydrogen-bond donors (Lipinski definition) is 6. The summed E-state index contributed by atoms with van der Waals surface area (Å²) in [7, 11) is -16.8. The van der Waals surface area contributed by atoms with Crippen LogP contribution in [0.25, 0.3) is 0 Å². The zero-order valence-corrected chi connectivity index (χ0v) is 15.5. The van der Waals surface area contributed by atoms with E-state index in [1.165, 1.54) is 0 Å². The van der Waals surface area contributed by atoms with Crippen LogP contribution < -0.4 is 11.2 Å². The number of hydrogen-bond acceptors (Lipinski definition) is 10. The lowest BCUT2D eigenvalue weighted by Gasteiger charge is -2.20. The summed E-state index contributed by atoms with van der Waals surface area (Å²) in [4.78, 5) is 59.9. The number of nitrogens with zero attached hydrogens (tertiary/aromatic N) is 1. The van der Waals surface area contributed by atoms with Crippen LogP contribution >= 0.6 is 23.5 Å². The first-order chi connectivity index (χ1) is 12.2. The summed E-state index contributed by atoms with van der Waals surface area (Å²) in [5.41, 5.74) is -1.63. The standard InChI is InChI=1S/C8H13N2O14P3/c11-4-3-6(10-2-1-5(12)9-8(10)13)21-7(4)22-26(17,18)24-27(19,20)23-25(14,15)16/h1-2,4,6-7,11H,3H2,(H,17,18)(H,19,20)(H,9,12,13)(H2,14,15,16). The van der Waals surface area contributed by atoms with Crippen molar-refractivity contribution in [2.75, 3.05) is 0 Å². The third kappa shape index (κ3) is 6.54. The first-order valence-corrected chi connectivity index (χ1v) is 11.2. The average molecular weight is 454 g/mol. The lowest BCUT2D eigenvalue weighted by atomic mass is 10.3. The SMILES string of the molecule is O=c1ccn(C2CC(O)C(OP(=O)(O)OP(=O)(O)OP(=O)(O)O)O2)c(=O)[nH]1. The van der Waals surface area contributed by atoms with E-state index >= 15 is 0 Å². The predicted molar refractivity (Wildman–Crippen MR) is 80.8 cm³/mol. The van der Waals surface area contributed by atoms with Crippen LogP contribution in [-0.4, -0.2) is 46.6 Å². The van der Waals surface area contributed by atoms with Gasteiger partial charge in [-0.1, -0.05) is 0 Å². The average Bonchev–Trinajstić information content (AvgIpc) is 2.74. The van der Waals surface area contributed by atoms with Gasteiger partial charge in [0, 0.05) is 18.7 Å². The molecule has 1 aliphatic heterocycles. The highest BCUT2D eigenvalue weighted by molar-refractivity contribution is 7.66. The number of nitrogens with one attached hydrogen (secondary N) is 1. The van der Waals surface area contributed by atoms with Crippen molar-refractivity contribution >= 4 is 23.5 Å². The van der Waals surface area contributed by atoms with Gasteiger partial charge in [0.05, 0.1) is 0 Å². The van der Waals surface area contributed by atoms with Gasteiger partial charge in [0.15, 0.2) is 6.29 Å². The molecule has 0 radical (unpaired) electrons. The van der Waals surface area contributed by atoms with Crippen LogP contribution in [0.2, 0.25) is 0 Å². The number of H-pyrrole nitrogens is 1. The molecule has 154 valence electrons. The van der Waals surface area contributed by atoms with Gasteiger partial charge in [-0.15, -0.1) is 0 Å². The van der Waals surface area contributed by atoms with Gasteiger partial charge in [0.2, 0.25) is 0 Å². The molecule has 19 heteroatoms. The van der Waals surface area contributed by atoms with Crippen molar-refractivity contribution in [1.29, 1.82) is 0 Å². The fraction of sp³-hybridized carbons (Fsp3) is 0.500. The third-order valence-corrected chi connectivity index (χ3v) is 6.66. The Kier molecular flexibility index (Phi) is 6.44. The quantitative estimate of drug-likeness (QED) is 0.257. The fourth-order valence-corrected chi connectivity index (χ4v) is 5.09. The number of aromatic nitrogens is 2. The molecule has 16 nitrogen and oxygen atoms in total. The second-order valence-corrected chi connectivity index (χ2v) is 9.35. The summed E-state index contributed by atoms with van der Waals surface area (Å²) in [6.07, 6.45) is -4.15. The van der Waals surface area contributed by atoms with Crippen molar-refractivity contribution in [3.8, 4) is 0 Å². The van der Waals surface area contributed by atoms with Crippen LogP contribution in [-0.2, 0) is 31.6 Å². The van der Waals surface area contributed by atoms with Crippen LogP contribution in [0.1, 0.15) is 12.6 Å². The Bertz CT molecular complexity index is 948. The molecule has 1 aromatic heterocycles. The van der Waals surface area contributed by atoms with Crippen LogP contribution in [0.5, 0.6) is 0 Å². The highest BCUT2D eigenvalue weighted by atomic mass is 31.3. The van der Waals surface area contributed by atoms with Crippen molar-refractivity contribution < 1.29 is 56.3 Å². The Hall–Kier alpha value is -0.990. The molecule has 1 fully saturated rings. The zero-order valence-electron chi connectivity index (χ0n) is 12.8. The number of aliphatic hydroxyl groups excluding tert-OH is 1. The lowest BCUT2D eigenvalue weighted by Crippen LogP contribution is -2.31. The number of aliphatic hydroxyl groups is 1. The van der Waals surface area contributed by atoms with E-state index in [1.54, 1.807) is 0 Å². The van der Waals surface area contributed by atoms with Crippen LogP contribution in [0.3, 0.4) is 0 Å². The van der Waals surface area contributed by atoms with Gasteiger partial charge in [-0.3, -0.25) is 18.9 Å². The first kappa shape index (κ1) is 22.3. The van der Waals surface area contributed by atoms with E-state index in [9.17, 15) is 33.3 Å². The summed E-state index contributed by atoms with van der Waals surface area (Å²) in [6.45, 7) is 0. The van der Waals surface area contributed by atoms with Gasteiger partial charge in [0.1, 0.15) is 12.3 Å². The Balaban J connectivity index is 2.09. The van der Waals surface area contributed by atoms with Crippen molar-refractivity contribution in [2.24, 2.45) is 0 Å². The molecule has 0 amide bonds. The molecule has 27 heavy (non-hydrogen) atoms. The van der Waals surface area contributed by atoms with E-state index in [0.717, 1.165) is 16.8 Å². The number of phosphoric ester groups is 1. The summed E-state index contributed by atoms with van der Waals surface area (Å²) < 4.78 is 50.7. The molecular weight excluding hydrogens is 441 g/mol. The summed E-state index contributed by atoms with van der Waals surface area (Å²) >= 11 is 0. The lowest BCUT2D eigenvalue weighted by molar-refractivity contribution is -0.134. The molecule has 5 atom stereocenters. The van der Waals surface area contributed by atoms with Crippen LogP contribution in [0.4, 0.5) is 0 Å². The third-order valence-electron chi connectivity index (χ3n) is 2.86. The Labute approximate surface area is 148 Å². The normalized spacial score (nSPS) is 27.8. The first-order valence-electron chi connectivity index (χ1n) is 6.65. The number of aromatic amines is 1. The Morgan fingerprint density at radius 3 is 2.30 bits per heavy atom. The van der Waals surface area contributed by atoms with Crippen LogP contribution in [0, 0.1) is 0 Å². The molecule has 1 aliphatic rings. The predicted octanol–water partition coefficient (Wildman–Crippen LogP) is -1.51. The maximum atomic E-state index is 11.7. The van der Waals surface area contributed by atoms with Gasteiger partial charge in [-0.2, -0.15) is 8.62 Å². The van der Waals surface area contributed by atoms with E-state index in [0.29, 0.717) is 0 Å². The van der Waals surface area contributed by atoms with Crippen molar-refractivity contribution in [2.45, 2.75) is 25.0 Å². The van der Waals surface area contributed by atoms with E-state index in [-0.39, 0.29) is 6.42 Å². The second-order valence-electron chi connectivity index (χ2n) is 4.98. The van der Waals surface area contributed by atoms with Crippen molar-refractivity contribution in [3.63, 3.8) is 0 Å². The molecule has 1 aromatic rings. The van der Waals surface area contributed by atoms with Gasteiger partial charge in [0.25, 0.3) is 5.56 Å². The van der Waals surface area contributed by atoms with Crippen LogP contribution in [0.15, 0.2) is 21.9 Å². The fourth-order valence-electron chi connectivity index (χ4n) is 1.98. The van der Waals surface area contributed by atoms with Crippen molar-refractivity contribution in [1.82, 2.24) is 9.55 Å². The molecular formula is C8H13N2O14P3.